The van der Waals surface area contributed by atoms with Gasteiger partial charge in [0.05, 0.1) is 0 Å². The molecule has 0 aromatic rings. The van der Waals surface area contributed by atoms with Crippen LogP contribution in [0.5, 0.6) is 0 Å². The van der Waals surface area contributed by atoms with E-state index in [1.807, 2.05) is 0 Å². The van der Waals surface area contributed by atoms with Gasteiger partial charge in [-0.25, -0.2) is 0 Å². The summed E-state index contributed by atoms with van der Waals surface area (Å²) in [4.78, 5) is 0. The molecular formula is C14H28. The van der Waals surface area contributed by atoms with Crippen molar-refractivity contribution in [3.05, 3.63) is 12.2 Å². The highest BCUT2D eigenvalue weighted by Crippen LogP contribution is 2.24. The summed E-state index contributed by atoms with van der Waals surface area (Å²) in [6.07, 6.45) is 7.75. The van der Waals surface area contributed by atoms with E-state index in [2.05, 4.69) is 34.3 Å². The Bertz CT molecular complexity index is 146. The molecule has 0 aliphatic rings. The molecule has 0 heterocycles. The molecule has 0 saturated heterocycles. The van der Waals surface area contributed by atoms with Crippen LogP contribution in [0, 0.1) is 11.8 Å². The molecule has 84 valence electrons. The Morgan fingerprint density at radius 1 is 1.07 bits per heavy atom. The maximum absolute atomic E-state index is 4.17. The van der Waals surface area contributed by atoms with Crippen molar-refractivity contribution in [1.29, 1.82) is 0 Å². The zero-order valence-electron chi connectivity index (χ0n) is 10.6. The predicted octanol–water partition coefficient (Wildman–Crippen LogP) is 5.20. The Morgan fingerprint density at radius 3 is 2.21 bits per heavy atom. The van der Waals surface area contributed by atoms with Gasteiger partial charge in [-0.1, -0.05) is 59.1 Å². The second-order valence-corrected chi connectivity index (χ2v) is 4.80. The van der Waals surface area contributed by atoms with E-state index < -0.39 is 0 Å². The van der Waals surface area contributed by atoms with Crippen molar-refractivity contribution < 1.29 is 0 Å². The Balaban J connectivity index is 3.69. The molecule has 0 aliphatic carbocycles. The minimum atomic E-state index is 0.819. The fourth-order valence-corrected chi connectivity index (χ4v) is 1.93. The van der Waals surface area contributed by atoms with E-state index in [1.54, 1.807) is 0 Å². The molecule has 0 N–H and O–H groups in total. The zero-order valence-corrected chi connectivity index (χ0v) is 10.6. The fraction of sp³-hybridized carbons (Fsp3) is 0.857. The van der Waals surface area contributed by atoms with Crippen LogP contribution in [-0.4, -0.2) is 0 Å². The molecule has 0 spiro atoms. The van der Waals surface area contributed by atoms with Crippen LogP contribution < -0.4 is 0 Å². The molecule has 0 radical (unpaired) electrons. The third-order valence-electron chi connectivity index (χ3n) is 3.21. The smallest absolute Gasteiger partial charge is 0.0295 e. The third-order valence-corrected chi connectivity index (χ3v) is 3.21. The lowest BCUT2D eigenvalue weighted by Gasteiger charge is -2.20. The first-order chi connectivity index (χ1) is 6.61. The van der Waals surface area contributed by atoms with Gasteiger partial charge in [-0.3, -0.25) is 0 Å². The SMILES string of the molecule is C=C(CCCC)CC(C)C(C)CCC. The molecule has 0 saturated carbocycles. The maximum Gasteiger partial charge on any atom is -0.0295 e. The normalized spacial score (nSPS) is 15.1. The first-order valence-electron chi connectivity index (χ1n) is 6.28. The Labute approximate surface area is 90.8 Å². The van der Waals surface area contributed by atoms with Crippen molar-refractivity contribution in [2.24, 2.45) is 11.8 Å². The van der Waals surface area contributed by atoms with Gasteiger partial charge >= 0.3 is 0 Å². The molecule has 0 aromatic heterocycles. The number of rotatable bonds is 8. The van der Waals surface area contributed by atoms with E-state index in [1.165, 1.54) is 44.1 Å². The van der Waals surface area contributed by atoms with Crippen LogP contribution in [-0.2, 0) is 0 Å². The monoisotopic (exact) mass is 196 g/mol. The highest BCUT2D eigenvalue weighted by molar-refractivity contribution is 4.95. The van der Waals surface area contributed by atoms with Crippen LogP contribution in [0.25, 0.3) is 0 Å². The van der Waals surface area contributed by atoms with Crippen molar-refractivity contribution in [2.45, 2.75) is 66.2 Å². The van der Waals surface area contributed by atoms with Gasteiger partial charge < -0.3 is 0 Å². The summed E-state index contributed by atoms with van der Waals surface area (Å²) < 4.78 is 0. The molecule has 0 heteroatoms. The quantitative estimate of drug-likeness (QED) is 0.468. The summed E-state index contributed by atoms with van der Waals surface area (Å²) in [6.45, 7) is 13.4. The van der Waals surface area contributed by atoms with Crippen molar-refractivity contribution in [3.63, 3.8) is 0 Å². The molecule has 0 fully saturated rings. The summed E-state index contributed by atoms with van der Waals surface area (Å²) in [5.41, 5.74) is 1.46. The van der Waals surface area contributed by atoms with E-state index in [-0.39, 0.29) is 0 Å². The van der Waals surface area contributed by atoms with Crippen molar-refractivity contribution >= 4 is 0 Å². The average Bonchev–Trinajstić information content (AvgIpc) is 2.15. The highest BCUT2D eigenvalue weighted by atomic mass is 14.2. The summed E-state index contributed by atoms with van der Waals surface area (Å²) >= 11 is 0. The largest absolute Gasteiger partial charge is 0.0999 e. The molecule has 0 rings (SSSR count). The summed E-state index contributed by atoms with van der Waals surface area (Å²) in [5.74, 6) is 1.68. The van der Waals surface area contributed by atoms with Gasteiger partial charge in [0.25, 0.3) is 0 Å². The Kier molecular flexibility index (Phi) is 7.93. The fourth-order valence-electron chi connectivity index (χ4n) is 1.93. The van der Waals surface area contributed by atoms with Gasteiger partial charge in [-0.2, -0.15) is 0 Å². The van der Waals surface area contributed by atoms with Crippen LogP contribution in [0.2, 0.25) is 0 Å². The molecule has 14 heavy (non-hydrogen) atoms. The highest BCUT2D eigenvalue weighted by Gasteiger charge is 2.11. The minimum Gasteiger partial charge on any atom is -0.0999 e. The average molecular weight is 196 g/mol. The third kappa shape index (κ3) is 6.23. The second kappa shape index (κ2) is 8.08. The van der Waals surface area contributed by atoms with Crippen LogP contribution in [0.4, 0.5) is 0 Å². The minimum absolute atomic E-state index is 0.819. The van der Waals surface area contributed by atoms with E-state index in [9.17, 15) is 0 Å². The van der Waals surface area contributed by atoms with Crippen molar-refractivity contribution in [3.8, 4) is 0 Å². The van der Waals surface area contributed by atoms with E-state index >= 15 is 0 Å². The summed E-state index contributed by atoms with van der Waals surface area (Å²) in [7, 11) is 0. The molecule has 0 aliphatic heterocycles. The van der Waals surface area contributed by atoms with Crippen molar-refractivity contribution in [2.75, 3.05) is 0 Å². The van der Waals surface area contributed by atoms with E-state index in [4.69, 9.17) is 0 Å². The Morgan fingerprint density at radius 2 is 1.71 bits per heavy atom. The lowest BCUT2D eigenvalue weighted by Crippen LogP contribution is -2.08. The predicted molar refractivity (Wildman–Crippen MR) is 66.5 cm³/mol. The number of hydrogen-bond acceptors (Lipinski definition) is 0. The molecule has 0 aromatic carbocycles. The number of unbranched alkanes of at least 4 members (excludes halogenated alkanes) is 1. The lowest BCUT2D eigenvalue weighted by molar-refractivity contribution is 0.356. The first kappa shape index (κ1) is 13.7. The summed E-state index contributed by atoms with van der Waals surface area (Å²) in [5, 5.41) is 0. The van der Waals surface area contributed by atoms with Gasteiger partial charge in [0.1, 0.15) is 0 Å². The van der Waals surface area contributed by atoms with Gasteiger partial charge in [0.2, 0.25) is 0 Å². The molecule has 0 bridgehead atoms. The van der Waals surface area contributed by atoms with Gasteiger partial charge in [-0.15, -0.1) is 0 Å². The van der Waals surface area contributed by atoms with Crippen LogP contribution >= 0.6 is 0 Å². The molecule has 2 atom stereocenters. The topological polar surface area (TPSA) is 0 Å². The second-order valence-electron chi connectivity index (χ2n) is 4.80. The standard InChI is InChI=1S/C14H28/c1-6-8-10-12(3)11-14(5)13(4)9-7-2/h13-14H,3,6-11H2,1-2,4-5H3. The number of allylic oxidation sites excluding steroid dienone is 1. The maximum atomic E-state index is 4.17. The van der Waals surface area contributed by atoms with Crippen LogP contribution in [0.15, 0.2) is 12.2 Å². The van der Waals surface area contributed by atoms with Gasteiger partial charge in [0, 0.05) is 0 Å². The number of hydrogen-bond donors (Lipinski definition) is 0. The van der Waals surface area contributed by atoms with Crippen LogP contribution in [0.1, 0.15) is 66.2 Å². The van der Waals surface area contributed by atoms with E-state index in [0.717, 1.165) is 11.8 Å². The van der Waals surface area contributed by atoms with E-state index in [0.29, 0.717) is 0 Å². The Hall–Kier alpha value is -0.260. The molecular weight excluding hydrogens is 168 g/mol. The van der Waals surface area contributed by atoms with Gasteiger partial charge in [-0.05, 0) is 31.1 Å². The first-order valence-corrected chi connectivity index (χ1v) is 6.28. The molecule has 2 unspecified atom stereocenters. The zero-order chi connectivity index (χ0) is 11.0. The van der Waals surface area contributed by atoms with Crippen molar-refractivity contribution in [1.82, 2.24) is 0 Å². The molecule has 0 amide bonds. The summed E-state index contributed by atoms with van der Waals surface area (Å²) in [6, 6.07) is 0. The van der Waals surface area contributed by atoms with Crippen LogP contribution in [0.3, 0.4) is 0 Å². The lowest BCUT2D eigenvalue weighted by atomic mass is 9.86. The molecule has 0 nitrogen and oxygen atoms in total. The van der Waals surface area contributed by atoms with Gasteiger partial charge in [0.15, 0.2) is 0 Å².